The lowest BCUT2D eigenvalue weighted by Crippen LogP contribution is -2.14. The summed E-state index contributed by atoms with van der Waals surface area (Å²) < 4.78 is 42.3. The van der Waals surface area contributed by atoms with Gasteiger partial charge in [0.1, 0.15) is 0 Å². The van der Waals surface area contributed by atoms with Crippen LogP contribution in [0.3, 0.4) is 0 Å². The van der Waals surface area contributed by atoms with Gasteiger partial charge in [-0.05, 0) is 24.1 Å². The van der Waals surface area contributed by atoms with E-state index in [-0.39, 0.29) is 0 Å². The van der Waals surface area contributed by atoms with E-state index in [2.05, 4.69) is 4.74 Å². The predicted molar refractivity (Wildman–Crippen MR) is 52.2 cm³/mol. The van der Waals surface area contributed by atoms with Crippen molar-refractivity contribution in [1.82, 2.24) is 0 Å². The van der Waals surface area contributed by atoms with Gasteiger partial charge in [-0.1, -0.05) is 13.0 Å². The number of aryl methyl sites for hydroxylation is 1. The molecule has 1 aromatic rings. The molecule has 0 radical (unpaired) electrons. The number of ether oxygens (including phenoxy) is 1. The van der Waals surface area contributed by atoms with Crippen molar-refractivity contribution >= 4 is 5.97 Å². The van der Waals surface area contributed by atoms with Crippen molar-refractivity contribution in [3.8, 4) is 0 Å². The number of alkyl halides is 3. The molecule has 0 N–H and O–H groups in total. The number of benzene rings is 1. The SMILES string of the molecule is CCc1ccc(C(=O)OC)c(C(F)(F)F)c1. The zero-order valence-electron chi connectivity index (χ0n) is 8.89. The fraction of sp³-hybridized carbons (Fsp3) is 0.364. The molecule has 88 valence electrons. The van der Waals surface area contributed by atoms with Gasteiger partial charge in [-0.15, -0.1) is 0 Å². The van der Waals surface area contributed by atoms with Crippen LogP contribution in [0.2, 0.25) is 0 Å². The van der Waals surface area contributed by atoms with Crippen LogP contribution in [0.1, 0.15) is 28.4 Å². The Kier molecular flexibility index (Phi) is 3.57. The maximum atomic E-state index is 12.7. The molecule has 0 atom stereocenters. The summed E-state index contributed by atoms with van der Waals surface area (Å²) in [4.78, 5) is 11.2. The minimum atomic E-state index is -4.55. The van der Waals surface area contributed by atoms with Gasteiger partial charge in [0.05, 0.1) is 18.2 Å². The highest BCUT2D eigenvalue weighted by Crippen LogP contribution is 2.33. The number of esters is 1. The number of rotatable bonds is 2. The molecule has 0 heterocycles. The third-order valence-electron chi connectivity index (χ3n) is 2.20. The van der Waals surface area contributed by atoms with Crippen LogP contribution in [0.5, 0.6) is 0 Å². The maximum Gasteiger partial charge on any atom is 0.417 e. The highest BCUT2D eigenvalue weighted by Gasteiger charge is 2.35. The van der Waals surface area contributed by atoms with Crippen LogP contribution >= 0.6 is 0 Å². The van der Waals surface area contributed by atoms with E-state index in [4.69, 9.17) is 0 Å². The van der Waals surface area contributed by atoms with Gasteiger partial charge in [-0.25, -0.2) is 4.79 Å². The van der Waals surface area contributed by atoms with Gasteiger partial charge >= 0.3 is 12.1 Å². The molecule has 0 bridgehead atoms. The molecule has 0 spiro atoms. The molecule has 0 saturated carbocycles. The van der Waals surface area contributed by atoms with Crippen molar-refractivity contribution in [2.45, 2.75) is 19.5 Å². The summed E-state index contributed by atoms with van der Waals surface area (Å²) in [5.74, 6) is -0.977. The lowest BCUT2D eigenvalue weighted by atomic mass is 10.0. The normalized spacial score (nSPS) is 11.3. The van der Waals surface area contributed by atoms with E-state index < -0.39 is 23.3 Å². The number of methoxy groups -OCH3 is 1. The van der Waals surface area contributed by atoms with Crippen LogP contribution < -0.4 is 0 Å². The van der Waals surface area contributed by atoms with Gasteiger partial charge < -0.3 is 4.74 Å². The van der Waals surface area contributed by atoms with Gasteiger partial charge in [0.2, 0.25) is 0 Å². The van der Waals surface area contributed by atoms with E-state index in [0.717, 1.165) is 19.2 Å². The number of halogens is 3. The Morgan fingerprint density at radius 2 is 2.00 bits per heavy atom. The lowest BCUT2D eigenvalue weighted by molar-refractivity contribution is -0.138. The molecule has 0 unspecified atom stereocenters. The zero-order valence-corrected chi connectivity index (χ0v) is 8.89. The van der Waals surface area contributed by atoms with Gasteiger partial charge in [0.15, 0.2) is 0 Å². The highest BCUT2D eigenvalue weighted by molar-refractivity contribution is 5.91. The van der Waals surface area contributed by atoms with Crippen molar-refractivity contribution in [2.24, 2.45) is 0 Å². The molecule has 0 amide bonds. The molecule has 2 nitrogen and oxygen atoms in total. The van der Waals surface area contributed by atoms with Crippen molar-refractivity contribution in [1.29, 1.82) is 0 Å². The second-order valence-corrected chi connectivity index (χ2v) is 3.22. The summed E-state index contributed by atoms with van der Waals surface area (Å²) in [7, 11) is 1.05. The Hall–Kier alpha value is -1.52. The zero-order chi connectivity index (χ0) is 12.3. The van der Waals surface area contributed by atoms with E-state index in [1.807, 2.05) is 0 Å². The minimum absolute atomic E-state index is 0.452. The van der Waals surface area contributed by atoms with Crippen molar-refractivity contribution in [3.05, 3.63) is 34.9 Å². The Morgan fingerprint density at radius 3 is 2.44 bits per heavy atom. The maximum absolute atomic E-state index is 12.7. The first-order chi connectivity index (χ1) is 7.40. The van der Waals surface area contributed by atoms with Crippen molar-refractivity contribution in [3.63, 3.8) is 0 Å². The summed E-state index contributed by atoms with van der Waals surface area (Å²) >= 11 is 0. The average molecular weight is 232 g/mol. The topological polar surface area (TPSA) is 26.3 Å². The van der Waals surface area contributed by atoms with Gasteiger partial charge in [0, 0.05) is 0 Å². The standard InChI is InChI=1S/C11H11F3O2/c1-3-7-4-5-8(10(15)16-2)9(6-7)11(12,13)14/h4-6H,3H2,1-2H3. The molecule has 0 saturated heterocycles. The fourth-order valence-corrected chi connectivity index (χ4v) is 1.33. The summed E-state index contributed by atoms with van der Waals surface area (Å²) in [5, 5.41) is 0. The number of hydrogen-bond acceptors (Lipinski definition) is 2. The van der Waals surface area contributed by atoms with Gasteiger partial charge in [-0.3, -0.25) is 0 Å². The Morgan fingerprint density at radius 1 is 1.38 bits per heavy atom. The van der Waals surface area contributed by atoms with Crippen molar-refractivity contribution < 1.29 is 22.7 Å². The molecule has 16 heavy (non-hydrogen) atoms. The summed E-state index contributed by atoms with van der Waals surface area (Å²) in [6.07, 6.45) is -4.07. The summed E-state index contributed by atoms with van der Waals surface area (Å²) in [5.41, 5.74) is -0.870. The second-order valence-electron chi connectivity index (χ2n) is 3.22. The van der Waals surface area contributed by atoms with E-state index in [9.17, 15) is 18.0 Å². The molecule has 1 rings (SSSR count). The average Bonchev–Trinajstić information content (AvgIpc) is 2.26. The fourth-order valence-electron chi connectivity index (χ4n) is 1.33. The first-order valence-electron chi connectivity index (χ1n) is 4.68. The van der Waals surface area contributed by atoms with Gasteiger partial charge in [0.25, 0.3) is 0 Å². The molecular formula is C11H11F3O2. The Bertz CT molecular complexity index is 397. The molecule has 0 aliphatic carbocycles. The smallest absolute Gasteiger partial charge is 0.417 e. The van der Waals surface area contributed by atoms with Crippen LogP contribution in [0.25, 0.3) is 0 Å². The Labute approximate surface area is 91.0 Å². The van der Waals surface area contributed by atoms with Crippen LogP contribution in [0.15, 0.2) is 18.2 Å². The van der Waals surface area contributed by atoms with E-state index >= 15 is 0 Å². The molecule has 0 aromatic heterocycles. The molecule has 0 aliphatic heterocycles. The monoisotopic (exact) mass is 232 g/mol. The first kappa shape index (κ1) is 12.5. The predicted octanol–water partition coefficient (Wildman–Crippen LogP) is 3.05. The van der Waals surface area contributed by atoms with Crippen LogP contribution in [-0.2, 0) is 17.3 Å². The second kappa shape index (κ2) is 4.55. The Balaban J connectivity index is 3.33. The third kappa shape index (κ3) is 2.53. The first-order valence-corrected chi connectivity index (χ1v) is 4.68. The van der Waals surface area contributed by atoms with Crippen LogP contribution in [-0.4, -0.2) is 13.1 Å². The number of carbonyl (C=O) groups excluding carboxylic acids is 1. The molecule has 5 heteroatoms. The van der Waals surface area contributed by atoms with Crippen LogP contribution in [0, 0.1) is 0 Å². The van der Waals surface area contributed by atoms with Gasteiger partial charge in [-0.2, -0.15) is 13.2 Å². The highest BCUT2D eigenvalue weighted by atomic mass is 19.4. The molecule has 0 fully saturated rings. The van der Waals surface area contributed by atoms with Crippen LogP contribution in [0.4, 0.5) is 13.2 Å². The summed E-state index contributed by atoms with van der Waals surface area (Å²) in [6.45, 7) is 1.74. The molecular weight excluding hydrogens is 221 g/mol. The number of carbonyl (C=O) groups is 1. The molecule has 1 aromatic carbocycles. The molecule has 0 aliphatic rings. The summed E-state index contributed by atoms with van der Waals surface area (Å²) in [6, 6.07) is 3.61. The van der Waals surface area contributed by atoms with Crippen molar-refractivity contribution in [2.75, 3.05) is 7.11 Å². The lowest BCUT2D eigenvalue weighted by Gasteiger charge is -2.12. The van der Waals surface area contributed by atoms with E-state index in [0.29, 0.717) is 12.0 Å². The quantitative estimate of drug-likeness (QED) is 0.732. The van der Waals surface area contributed by atoms with E-state index in [1.165, 1.54) is 6.07 Å². The third-order valence-corrected chi connectivity index (χ3v) is 2.20. The minimum Gasteiger partial charge on any atom is -0.465 e. The largest absolute Gasteiger partial charge is 0.465 e. The van der Waals surface area contributed by atoms with E-state index in [1.54, 1.807) is 6.92 Å². The number of hydrogen-bond donors (Lipinski definition) is 0.